The standard InChI is InChI=1S/C38H26N8O14S2.2Cu.3Na/c1-17-33(42-40-27-5-3-2-4-23(27)37(51)52)36(50)46(45-17)19-7-9-22-25(13-19)32(62(58,59)60)16-31(49)35(22)44-43-34-21-10-8-20(61(55,56)57)14-24(21)28(15-30(34)48)41-39-18-6-11-29(47)26(12-18)38(53)54;;;;;/h2-16,33,47-49H,1H3,(H,51,52)(H,53,54)(H,55,56,57)(H,58,59,60);;;;;/q;;;3*+1. The Morgan fingerprint density at radius 3 is 1.82 bits per heavy atom. The quantitative estimate of drug-likeness (QED) is 0.0452. The monoisotopic (exact) mass is 1080 g/mol. The van der Waals surface area contributed by atoms with Crippen LogP contribution in [0.3, 0.4) is 0 Å². The zero-order valence-electron chi connectivity index (χ0n) is 34.7. The number of carbonyl (C=O) groups excluding carboxylic acids is 1. The molecule has 2 radical (unpaired) electrons. The molecular formula is C38H26Cu2N8Na3O14S2+3. The number of fused-ring (bicyclic) bond motifs is 2. The Bertz CT molecular complexity index is 3330. The van der Waals surface area contributed by atoms with E-state index in [0.29, 0.717) is 6.07 Å². The van der Waals surface area contributed by atoms with Crippen LogP contribution in [0.4, 0.5) is 34.1 Å². The number of aromatic hydroxyl groups is 3. The fourth-order valence-electron chi connectivity index (χ4n) is 6.21. The van der Waals surface area contributed by atoms with E-state index in [9.17, 15) is 65.9 Å². The van der Waals surface area contributed by atoms with Gasteiger partial charge in [0.25, 0.3) is 26.1 Å². The number of nitrogens with zero attached hydrogens (tertiary/aromatic N) is 8. The molecule has 29 heteroatoms. The molecule has 1 aliphatic rings. The third-order valence-corrected chi connectivity index (χ3v) is 10.9. The van der Waals surface area contributed by atoms with Gasteiger partial charge in [-0.25, -0.2) is 9.59 Å². The van der Waals surface area contributed by atoms with Gasteiger partial charge >= 0.3 is 101 Å². The Kier molecular flexibility index (Phi) is 20.8. The maximum absolute atomic E-state index is 13.5. The van der Waals surface area contributed by atoms with Gasteiger partial charge in [0, 0.05) is 67.8 Å². The van der Waals surface area contributed by atoms with Crippen molar-refractivity contribution in [3.8, 4) is 17.2 Å². The summed E-state index contributed by atoms with van der Waals surface area (Å²) in [6.45, 7) is 1.45. The van der Waals surface area contributed by atoms with Crippen molar-refractivity contribution < 1.29 is 189 Å². The number of rotatable bonds is 11. The first-order valence-corrected chi connectivity index (χ1v) is 20.2. The second-order valence-electron chi connectivity index (χ2n) is 13.1. The molecule has 7 N–H and O–H groups in total. The number of hydrogen-bond donors (Lipinski definition) is 7. The van der Waals surface area contributed by atoms with Crippen molar-refractivity contribution in [3.63, 3.8) is 0 Å². The van der Waals surface area contributed by atoms with Gasteiger partial charge in [0.15, 0.2) is 6.04 Å². The van der Waals surface area contributed by atoms with E-state index in [0.717, 1.165) is 47.5 Å². The van der Waals surface area contributed by atoms with Crippen molar-refractivity contribution in [2.24, 2.45) is 35.8 Å². The number of hydrogen-bond acceptors (Lipinski definition) is 17. The maximum atomic E-state index is 13.5. The van der Waals surface area contributed by atoms with Gasteiger partial charge in [0.05, 0.1) is 38.9 Å². The van der Waals surface area contributed by atoms with Crippen LogP contribution in [-0.4, -0.2) is 81.1 Å². The van der Waals surface area contributed by atoms with Crippen LogP contribution < -0.4 is 93.7 Å². The molecule has 1 heterocycles. The number of amides is 1. The number of aromatic carboxylic acids is 2. The third kappa shape index (κ3) is 12.6. The topological polar surface area (TPSA) is 351 Å². The number of phenolic OH excluding ortho intramolecular Hbond substituents is 2. The number of azo groups is 3. The zero-order chi connectivity index (χ0) is 44.8. The molecule has 1 atom stereocenters. The molecule has 0 spiro atoms. The van der Waals surface area contributed by atoms with E-state index in [-0.39, 0.29) is 184 Å². The number of benzene rings is 6. The maximum Gasteiger partial charge on any atom is 1.00 e. The van der Waals surface area contributed by atoms with Crippen LogP contribution in [-0.2, 0) is 59.2 Å². The van der Waals surface area contributed by atoms with E-state index in [4.69, 9.17) is 0 Å². The van der Waals surface area contributed by atoms with Crippen molar-refractivity contribution in [3.05, 3.63) is 102 Å². The molecule has 336 valence electrons. The molecule has 0 saturated carbocycles. The molecule has 7 rings (SSSR count). The van der Waals surface area contributed by atoms with E-state index in [1.807, 2.05) is 0 Å². The molecule has 67 heavy (non-hydrogen) atoms. The van der Waals surface area contributed by atoms with Crippen LogP contribution >= 0.6 is 0 Å². The second kappa shape index (κ2) is 23.5. The zero-order valence-corrected chi connectivity index (χ0v) is 44.2. The molecule has 1 unspecified atom stereocenters. The Balaban J connectivity index is 0.00000308. The summed E-state index contributed by atoms with van der Waals surface area (Å²) in [6, 6.07) is 16.0. The van der Waals surface area contributed by atoms with Crippen LogP contribution in [0.15, 0.2) is 137 Å². The van der Waals surface area contributed by atoms with Crippen LogP contribution in [0.25, 0.3) is 21.5 Å². The van der Waals surface area contributed by atoms with Crippen LogP contribution in [0, 0.1) is 0 Å². The number of hydrazone groups is 1. The predicted octanol–water partition coefficient (Wildman–Crippen LogP) is -1.29. The molecule has 1 amide bonds. The summed E-state index contributed by atoms with van der Waals surface area (Å²) in [5.74, 6) is -5.53. The van der Waals surface area contributed by atoms with E-state index in [1.54, 1.807) is 0 Å². The van der Waals surface area contributed by atoms with E-state index in [2.05, 4.69) is 35.8 Å². The largest absolute Gasteiger partial charge is 1.00 e. The average molecular weight is 1080 g/mol. The fraction of sp³-hybridized carbons (Fsp3) is 0.0526. The van der Waals surface area contributed by atoms with Gasteiger partial charge in [-0.1, -0.05) is 18.2 Å². The minimum atomic E-state index is -5.08. The molecular weight excluding hydrogens is 1050 g/mol. The fourth-order valence-corrected chi connectivity index (χ4v) is 7.42. The van der Waals surface area contributed by atoms with Gasteiger partial charge in [-0.3, -0.25) is 13.9 Å². The van der Waals surface area contributed by atoms with Gasteiger partial charge in [0.1, 0.15) is 39.1 Å². The Morgan fingerprint density at radius 2 is 1.21 bits per heavy atom. The van der Waals surface area contributed by atoms with E-state index in [1.165, 1.54) is 49.4 Å². The molecule has 6 aromatic rings. The summed E-state index contributed by atoms with van der Waals surface area (Å²) in [5, 5.41) is 79.3. The van der Waals surface area contributed by atoms with Crippen molar-refractivity contribution in [2.45, 2.75) is 22.8 Å². The van der Waals surface area contributed by atoms with Crippen molar-refractivity contribution in [1.82, 2.24) is 0 Å². The van der Waals surface area contributed by atoms with Crippen LogP contribution in [0.2, 0.25) is 0 Å². The number of carboxylic acids is 2. The molecule has 0 aliphatic carbocycles. The Labute approximate surface area is 465 Å². The van der Waals surface area contributed by atoms with Crippen molar-refractivity contribution >= 4 is 99.5 Å². The summed E-state index contributed by atoms with van der Waals surface area (Å²) >= 11 is 0. The van der Waals surface area contributed by atoms with Crippen LogP contribution in [0.1, 0.15) is 27.6 Å². The van der Waals surface area contributed by atoms with E-state index >= 15 is 0 Å². The van der Waals surface area contributed by atoms with Gasteiger partial charge < -0.3 is 25.5 Å². The first kappa shape index (κ1) is 59.1. The van der Waals surface area contributed by atoms with Gasteiger partial charge in [-0.15, -0.1) is 15.3 Å². The number of carbonyl (C=O) groups is 3. The van der Waals surface area contributed by atoms with Crippen molar-refractivity contribution in [2.75, 3.05) is 5.01 Å². The summed E-state index contributed by atoms with van der Waals surface area (Å²) in [6.07, 6.45) is 0. The predicted molar refractivity (Wildman–Crippen MR) is 217 cm³/mol. The van der Waals surface area contributed by atoms with Gasteiger partial charge in [-0.05, 0) is 67.6 Å². The van der Waals surface area contributed by atoms with Crippen molar-refractivity contribution in [1.29, 1.82) is 0 Å². The molecule has 6 aromatic carbocycles. The average Bonchev–Trinajstić information content (AvgIpc) is 3.50. The SMILES string of the molecule is CC1=NN(c2ccc3c(N=Nc4c(O)cc(N=Nc5ccc(O)c(C(=O)O)c5)c5cc(S(=O)(=O)O)ccc45)c(O)cc(S(=O)(=O)O)c3c2)C(=O)C1N=Nc1ccccc1C(=O)O.[Cu].[Cu].[Na+].[Na+].[Na+]. The minimum absolute atomic E-state index is 0. The van der Waals surface area contributed by atoms with E-state index < -0.39 is 82.4 Å². The Hall–Kier alpha value is -4.02. The smallest absolute Gasteiger partial charge is 0.507 e. The summed E-state index contributed by atoms with van der Waals surface area (Å²) < 4.78 is 69.2. The minimum Gasteiger partial charge on any atom is -0.507 e. The molecule has 1 aliphatic heterocycles. The summed E-state index contributed by atoms with van der Waals surface area (Å²) in [5.41, 5.74) is -1.67. The van der Waals surface area contributed by atoms with Gasteiger partial charge in [0.2, 0.25) is 0 Å². The summed E-state index contributed by atoms with van der Waals surface area (Å²) in [4.78, 5) is 35.2. The number of phenols is 3. The first-order chi connectivity index (χ1) is 29.2. The molecule has 0 bridgehead atoms. The number of anilines is 1. The Morgan fingerprint density at radius 1 is 0.612 bits per heavy atom. The molecule has 0 aromatic heterocycles. The second-order valence-corrected chi connectivity index (χ2v) is 15.9. The van der Waals surface area contributed by atoms with Crippen LogP contribution in [0.5, 0.6) is 17.2 Å². The molecule has 0 fully saturated rings. The number of carboxylic acid groups (broad SMARTS) is 2. The summed E-state index contributed by atoms with van der Waals surface area (Å²) in [7, 11) is -9.88. The third-order valence-electron chi connectivity index (χ3n) is 9.14. The molecule has 0 saturated heterocycles. The first-order valence-electron chi connectivity index (χ1n) is 17.3. The normalized spacial score (nSPS) is 13.7. The molecule has 22 nitrogen and oxygen atoms in total. The van der Waals surface area contributed by atoms with Gasteiger partial charge in [-0.2, -0.15) is 42.3 Å².